The Morgan fingerprint density at radius 2 is 1.74 bits per heavy atom. The summed E-state index contributed by atoms with van der Waals surface area (Å²) in [6.45, 7) is 7.53. The van der Waals surface area contributed by atoms with E-state index >= 15 is 0 Å². The number of aliphatic hydroxyl groups excluding tert-OH is 1. The number of ether oxygens (including phenoxy) is 3. The summed E-state index contributed by atoms with van der Waals surface area (Å²) in [5, 5.41) is 10.4. The molecule has 0 bridgehead atoms. The first-order chi connectivity index (χ1) is 13.2. The van der Waals surface area contributed by atoms with Crippen LogP contribution in [0.25, 0.3) is 0 Å². The fraction of sp³-hybridized carbons (Fsp3) is 0.714. The van der Waals surface area contributed by atoms with Crippen LogP contribution in [-0.4, -0.2) is 80.7 Å². The molecule has 0 aromatic heterocycles. The van der Waals surface area contributed by atoms with Crippen molar-refractivity contribution in [1.29, 1.82) is 0 Å². The Balaban J connectivity index is 1.49. The molecule has 2 heterocycles. The quantitative estimate of drug-likeness (QED) is 0.748. The molecule has 2 saturated heterocycles. The molecule has 0 saturated carbocycles. The van der Waals surface area contributed by atoms with Crippen LogP contribution in [-0.2, 0) is 11.3 Å². The third-order valence-corrected chi connectivity index (χ3v) is 5.34. The molecule has 1 N–H and O–H groups in total. The van der Waals surface area contributed by atoms with Crippen LogP contribution >= 0.6 is 0 Å². The highest BCUT2D eigenvalue weighted by molar-refractivity contribution is 5.43. The van der Waals surface area contributed by atoms with Crippen molar-refractivity contribution in [2.45, 2.75) is 38.3 Å². The molecule has 2 aliphatic rings. The van der Waals surface area contributed by atoms with Gasteiger partial charge in [0.05, 0.1) is 20.3 Å². The second kappa shape index (κ2) is 10.9. The molecule has 152 valence electrons. The lowest BCUT2D eigenvalue weighted by atomic mass is 10.2. The van der Waals surface area contributed by atoms with E-state index in [9.17, 15) is 5.11 Å². The second-order valence-corrected chi connectivity index (χ2v) is 7.55. The van der Waals surface area contributed by atoms with Crippen LogP contribution in [0.1, 0.15) is 31.2 Å². The molecule has 0 radical (unpaired) electrons. The van der Waals surface area contributed by atoms with Gasteiger partial charge >= 0.3 is 0 Å². The summed E-state index contributed by atoms with van der Waals surface area (Å²) in [6, 6.07) is 6.06. The van der Waals surface area contributed by atoms with Gasteiger partial charge in [-0.2, -0.15) is 0 Å². The van der Waals surface area contributed by atoms with Gasteiger partial charge in [-0.15, -0.1) is 0 Å². The molecule has 27 heavy (non-hydrogen) atoms. The lowest BCUT2D eigenvalue weighted by Crippen LogP contribution is -2.36. The lowest BCUT2D eigenvalue weighted by molar-refractivity contribution is 0.0341. The predicted octanol–water partition coefficient (Wildman–Crippen LogP) is 2.14. The van der Waals surface area contributed by atoms with Gasteiger partial charge in [-0.1, -0.05) is 18.9 Å². The van der Waals surface area contributed by atoms with Crippen molar-refractivity contribution in [1.82, 2.24) is 9.80 Å². The monoisotopic (exact) mass is 378 g/mol. The van der Waals surface area contributed by atoms with E-state index in [1.807, 2.05) is 12.1 Å². The average Bonchev–Trinajstić information content (AvgIpc) is 2.96. The Labute approximate surface area is 163 Å². The molecular formula is C21H34N2O4. The number of likely N-dealkylation sites (tertiary alicyclic amines) is 1. The van der Waals surface area contributed by atoms with E-state index in [2.05, 4.69) is 15.9 Å². The number of hydrogen-bond acceptors (Lipinski definition) is 6. The van der Waals surface area contributed by atoms with Gasteiger partial charge in [-0.05, 0) is 43.6 Å². The van der Waals surface area contributed by atoms with Gasteiger partial charge in [0.1, 0.15) is 12.7 Å². The van der Waals surface area contributed by atoms with Crippen molar-refractivity contribution in [3.8, 4) is 11.5 Å². The molecule has 1 aromatic rings. The second-order valence-electron chi connectivity index (χ2n) is 7.55. The molecule has 2 fully saturated rings. The van der Waals surface area contributed by atoms with Gasteiger partial charge in [0.15, 0.2) is 11.5 Å². The van der Waals surface area contributed by atoms with Gasteiger partial charge in [0.25, 0.3) is 0 Å². The first kappa shape index (κ1) is 20.4. The minimum atomic E-state index is -0.485. The molecule has 6 nitrogen and oxygen atoms in total. The summed E-state index contributed by atoms with van der Waals surface area (Å²) in [7, 11) is 1.66. The number of hydrogen-bond donors (Lipinski definition) is 1. The molecule has 0 amide bonds. The number of nitrogens with zero attached hydrogens (tertiary/aromatic N) is 2. The van der Waals surface area contributed by atoms with E-state index in [1.165, 1.54) is 31.2 Å². The zero-order valence-corrected chi connectivity index (χ0v) is 16.6. The summed E-state index contributed by atoms with van der Waals surface area (Å²) < 4.78 is 16.8. The van der Waals surface area contributed by atoms with E-state index in [4.69, 9.17) is 14.2 Å². The Kier molecular flexibility index (Phi) is 8.20. The maximum atomic E-state index is 10.4. The van der Waals surface area contributed by atoms with Crippen molar-refractivity contribution >= 4 is 0 Å². The third kappa shape index (κ3) is 6.64. The van der Waals surface area contributed by atoms with Crippen LogP contribution < -0.4 is 9.47 Å². The number of β-amino-alcohol motifs (C(OH)–C–C–N with tert-alkyl or cyclic N) is 1. The lowest BCUT2D eigenvalue weighted by Gasteiger charge is -2.27. The Morgan fingerprint density at radius 3 is 2.44 bits per heavy atom. The molecule has 6 heteroatoms. The van der Waals surface area contributed by atoms with Gasteiger partial charge < -0.3 is 24.2 Å². The van der Waals surface area contributed by atoms with Gasteiger partial charge in [-0.3, -0.25) is 4.90 Å². The van der Waals surface area contributed by atoms with Crippen molar-refractivity contribution < 1.29 is 19.3 Å². The Bertz CT molecular complexity index is 555. The minimum Gasteiger partial charge on any atom is -0.493 e. The Morgan fingerprint density at radius 1 is 1.00 bits per heavy atom. The zero-order chi connectivity index (χ0) is 18.9. The zero-order valence-electron chi connectivity index (χ0n) is 16.6. The predicted molar refractivity (Wildman–Crippen MR) is 105 cm³/mol. The Hall–Kier alpha value is -1.34. The molecule has 0 spiro atoms. The minimum absolute atomic E-state index is 0.287. The molecule has 3 rings (SSSR count). The van der Waals surface area contributed by atoms with Crippen LogP contribution in [0.4, 0.5) is 0 Å². The average molecular weight is 379 g/mol. The largest absolute Gasteiger partial charge is 0.493 e. The van der Waals surface area contributed by atoms with E-state index in [1.54, 1.807) is 7.11 Å². The third-order valence-electron chi connectivity index (χ3n) is 5.34. The van der Waals surface area contributed by atoms with Gasteiger partial charge in [0.2, 0.25) is 0 Å². The molecule has 1 aromatic carbocycles. The van der Waals surface area contributed by atoms with Crippen molar-refractivity contribution in [3.05, 3.63) is 23.8 Å². The maximum Gasteiger partial charge on any atom is 0.161 e. The van der Waals surface area contributed by atoms with Crippen molar-refractivity contribution in [2.75, 3.05) is 59.7 Å². The fourth-order valence-electron chi connectivity index (χ4n) is 3.80. The fourth-order valence-corrected chi connectivity index (χ4v) is 3.80. The standard InChI is InChI=1S/C21H34N2O4/c1-25-21-14-18(15-23-10-12-26-13-11-23)6-7-20(21)27-17-19(24)16-22-8-4-2-3-5-9-22/h6-7,14,19,24H,2-5,8-13,15-17H2,1H3. The number of morpholine rings is 1. The summed E-state index contributed by atoms with van der Waals surface area (Å²) >= 11 is 0. The molecule has 1 atom stereocenters. The molecular weight excluding hydrogens is 344 g/mol. The van der Waals surface area contributed by atoms with Gasteiger partial charge in [-0.25, -0.2) is 0 Å². The highest BCUT2D eigenvalue weighted by atomic mass is 16.5. The van der Waals surface area contributed by atoms with Crippen LogP contribution in [0, 0.1) is 0 Å². The first-order valence-corrected chi connectivity index (χ1v) is 10.2. The number of benzene rings is 1. The summed E-state index contributed by atoms with van der Waals surface area (Å²) in [5.74, 6) is 1.42. The van der Waals surface area contributed by atoms with Crippen molar-refractivity contribution in [2.24, 2.45) is 0 Å². The number of aliphatic hydroxyl groups is 1. The van der Waals surface area contributed by atoms with E-state index in [0.717, 1.165) is 51.7 Å². The van der Waals surface area contributed by atoms with Crippen LogP contribution in [0.15, 0.2) is 18.2 Å². The molecule has 0 aliphatic carbocycles. The van der Waals surface area contributed by atoms with Crippen molar-refractivity contribution in [3.63, 3.8) is 0 Å². The van der Waals surface area contributed by atoms with Crippen LogP contribution in [0.3, 0.4) is 0 Å². The highest BCUT2D eigenvalue weighted by Crippen LogP contribution is 2.29. The normalized spacial score (nSPS) is 20.8. The molecule has 2 aliphatic heterocycles. The smallest absolute Gasteiger partial charge is 0.161 e. The summed E-state index contributed by atoms with van der Waals surface area (Å²) in [6.07, 6.45) is 4.58. The van der Waals surface area contributed by atoms with E-state index < -0.39 is 6.10 Å². The number of rotatable bonds is 8. The first-order valence-electron chi connectivity index (χ1n) is 10.2. The van der Waals surface area contributed by atoms with Crippen LogP contribution in [0.5, 0.6) is 11.5 Å². The van der Waals surface area contributed by atoms with Crippen LogP contribution in [0.2, 0.25) is 0 Å². The SMILES string of the molecule is COc1cc(CN2CCOCC2)ccc1OCC(O)CN1CCCCCC1. The topological polar surface area (TPSA) is 54.4 Å². The maximum absolute atomic E-state index is 10.4. The number of methoxy groups -OCH3 is 1. The molecule has 1 unspecified atom stereocenters. The summed E-state index contributed by atoms with van der Waals surface area (Å²) in [4.78, 5) is 4.73. The van der Waals surface area contributed by atoms with E-state index in [-0.39, 0.29) is 6.61 Å². The summed E-state index contributed by atoms with van der Waals surface area (Å²) in [5.41, 5.74) is 1.20. The highest BCUT2D eigenvalue weighted by Gasteiger charge is 2.16. The van der Waals surface area contributed by atoms with E-state index in [0.29, 0.717) is 12.3 Å². The van der Waals surface area contributed by atoms with Gasteiger partial charge in [0, 0.05) is 26.2 Å².